The Bertz CT molecular complexity index is 438. The van der Waals surface area contributed by atoms with Gasteiger partial charge in [-0.3, -0.25) is 0 Å². The summed E-state index contributed by atoms with van der Waals surface area (Å²) < 4.78 is 73.4. The van der Waals surface area contributed by atoms with Crippen LogP contribution in [0.15, 0.2) is 17.2 Å². The zero-order valence-electron chi connectivity index (χ0n) is 7.71. The van der Waals surface area contributed by atoms with E-state index < -0.39 is 29.4 Å². The van der Waals surface area contributed by atoms with Gasteiger partial charge in [0.05, 0.1) is 5.56 Å². The number of nitrogens with zero attached hydrogens (tertiary/aromatic N) is 4. The Balaban J connectivity index is 3.44. The Morgan fingerprint density at radius 3 is 2.06 bits per heavy atom. The molecule has 0 N–H and O–H groups in total. The lowest BCUT2D eigenvalue weighted by Gasteiger charge is -2.11. The van der Waals surface area contributed by atoms with E-state index in [4.69, 9.17) is 5.53 Å². The minimum atomic E-state index is -5.05. The van der Waals surface area contributed by atoms with Crippen LogP contribution in [0.25, 0.3) is 10.4 Å². The molecule has 0 bridgehead atoms. The summed E-state index contributed by atoms with van der Waals surface area (Å²) in [7, 11) is 0. The maximum absolute atomic E-state index is 12.2. The number of hydrogen-bond acceptors (Lipinski definition) is 2. The van der Waals surface area contributed by atoms with Crippen LogP contribution in [0.4, 0.5) is 32.2 Å². The van der Waals surface area contributed by atoms with Crippen molar-refractivity contribution in [3.8, 4) is 0 Å². The first kappa shape index (κ1) is 13.1. The van der Waals surface area contributed by atoms with Gasteiger partial charge < -0.3 is 0 Å². The standard InChI is InChI=1S/C7H2F6N4/c8-6(9,10)3-1-4(7(11,12)13)15-5(2-3)16-17-14/h1-2H. The van der Waals surface area contributed by atoms with Crippen molar-refractivity contribution < 1.29 is 26.3 Å². The highest BCUT2D eigenvalue weighted by Gasteiger charge is 2.38. The lowest BCUT2D eigenvalue weighted by atomic mass is 10.2. The fraction of sp³-hybridized carbons (Fsp3) is 0.286. The molecule has 0 amide bonds. The summed E-state index contributed by atoms with van der Waals surface area (Å²) in [6.07, 6.45) is -10.0. The molecule has 1 heterocycles. The van der Waals surface area contributed by atoms with Crippen molar-refractivity contribution in [2.24, 2.45) is 5.11 Å². The quantitative estimate of drug-likeness (QED) is 0.323. The van der Waals surface area contributed by atoms with Crippen molar-refractivity contribution in [1.29, 1.82) is 0 Å². The summed E-state index contributed by atoms with van der Waals surface area (Å²) in [4.78, 5) is 4.84. The molecule has 0 aliphatic rings. The second-order valence-corrected chi connectivity index (χ2v) is 2.78. The minimum absolute atomic E-state index is 0.156. The third-order valence-electron chi connectivity index (χ3n) is 1.58. The molecule has 0 atom stereocenters. The SMILES string of the molecule is [N-]=[N+]=Nc1cc(C(F)(F)F)cc(C(F)(F)F)n1. The van der Waals surface area contributed by atoms with E-state index in [2.05, 4.69) is 15.0 Å². The van der Waals surface area contributed by atoms with Crippen molar-refractivity contribution in [2.75, 3.05) is 0 Å². The van der Waals surface area contributed by atoms with Gasteiger partial charge >= 0.3 is 12.4 Å². The van der Waals surface area contributed by atoms with Gasteiger partial charge in [-0.1, -0.05) is 0 Å². The van der Waals surface area contributed by atoms with Gasteiger partial charge in [-0.05, 0) is 22.8 Å². The number of halogens is 6. The average Bonchev–Trinajstić information content (AvgIpc) is 2.15. The Morgan fingerprint density at radius 1 is 1.06 bits per heavy atom. The first-order chi connectivity index (χ1) is 7.64. The van der Waals surface area contributed by atoms with Crippen LogP contribution in [-0.4, -0.2) is 4.98 Å². The molecular weight excluding hydrogens is 254 g/mol. The number of aromatic nitrogens is 1. The molecule has 0 aromatic carbocycles. The van der Waals surface area contributed by atoms with E-state index >= 15 is 0 Å². The van der Waals surface area contributed by atoms with Gasteiger partial charge in [0.25, 0.3) is 0 Å². The fourth-order valence-electron chi connectivity index (χ4n) is 0.922. The predicted molar refractivity (Wildman–Crippen MR) is 43.0 cm³/mol. The van der Waals surface area contributed by atoms with E-state index in [-0.39, 0.29) is 12.1 Å². The molecule has 0 unspecified atom stereocenters. The van der Waals surface area contributed by atoms with Gasteiger partial charge in [-0.2, -0.15) is 26.3 Å². The van der Waals surface area contributed by atoms with Crippen LogP contribution < -0.4 is 0 Å². The average molecular weight is 256 g/mol. The Morgan fingerprint density at radius 2 is 1.65 bits per heavy atom. The molecule has 92 valence electrons. The number of pyridine rings is 1. The molecule has 1 aromatic heterocycles. The second kappa shape index (κ2) is 4.13. The number of rotatable bonds is 1. The van der Waals surface area contributed by atoms with Gasteiger partial charge in [0, 0.05) is 4.91 Å². The minimum Gasteiger partial charge on any atom is -0.242 e. The van der Waals surface area contributed by atoms with E-state index in [1.807, 2.05) is 0 Å². The normalized spacial score (nSPS) is 12.1. The topological polar surface area (TPSA) is 61.7 Å². The van der Waals surface area contributed by atoms with E-state index in [1.165, 1.54) is 0 Å². The molecule has 0 aliphatic heterocycles. The molecule has 1 rings (SSSR count). The summed E-state index contributed by atoms with van der Waals surface area (Å²) >= 11 is 0. The molecule has 0 spiro atoms. The summed E-state index contributed by atoms with van der Waals surface area (Å²) in [6.45, 7) is 0. The van der Waals surface area contributed by atoms with Crippen LogP contribution in [0.3, 0.4) is 0 Å². The highest BCUT2D eigenvalue weighted by atomic mass is 19.4. The fourth-order valence-corrected chi connectivity index (χ4v) is 0.922. The Kier molecular flexibility index (Phi) is 3.18. The molecule has 0 saturated heterocycles. The van der Waals surface area contributed by atoms with Crippen LogP contribution in [0.5, 0.6) is 0 Å². The lowest BCUT2D eigenvalue weighted by Crippen LogP contribution is -2.12. The first-order valence-corrected chi connectivity index (χ1v) is 3.86. The van der Waals surface area contributed by atoms with Gasteiger partial charge in [0.15, 0.2) is 0 Å². The molecule has 0 fully saturated rings. The smallest absolute Gasteiger partial charge is 0.242 e. The zero-order chi connectivity index (χ0) is 13.3. The second-order valence-electron chi connectivity index (χ2n) is 2.78. The first-order valence-electron chi connectivity index (χ1n) is 3.86. The van der Waals surface area contributed by atoms with E-state index in [0.29, 0.717) is 0 Å². The molecule has 4 nitrogen and oxygen atoms in total. The van der Waals surface area contributed by atoms with Gasteiger partial charge in [-0.25, -0.2) is 4.98 Å². The van der Waals surface area contributed by atoms with E-state index in [1.54, 1.807) is 0 Å². The number of alkyl halides is 6. The van der Waals surface area contributed by atoms with Crippen molar-refractivity contribution in [2.45, 2.75) is 12.4 Å². The maximum atomic E-state index is 12.2. The van der Waals surface area contributed by atoms with Crippen molar-refractivity contribution in [1.82, 2.24) is 4.98 Å². The molecule has 1 aromatic rings. The molecule has 17 heavy (non-hydrogen) atoms. The summed E-state index contributed by atoms with van der Waals surface area (Å²) in [5.74, 6) is -0.991. The summed E-state index contributed by atoms with van der Waals surface area (Å²) in [5.41, 5.74) is 4.61. The summed E-state index contributed by atoms with van der Waals surface area (Å²) in [5, 5.41) is 2.62. The van der Waals surface area contributed by atoms with Crippen molar-refractivity contribution in [3.05, 3.63) is 33.8 Å². The van der Waals surface area contributed by atoms with Gasteiger partial charge in [0.2, 0.25) is 0 Å². The highest BCUT2D eigenvalue weighted by Crippen LogP contribution is 2.36. The lowest BCUT2D eigenvalue weighted by molar-refractivity contribution is -0.145. The van der Waals surface area contributed by atoms with Crippen LogP contribution in [0.1, 0.15) is 11.3 Å². The van der Waals surface area contributed by atoms with Crippen molar-refractivity contribution in [3.63, 3.8) is 0 Å². The largest absolute Gasteiger partial charge is 0.433 e. The Hall–Kier alpha value is -1.96. The van der Waals surface area contributed by atoms with Crippen molar-refractivity contribution >= 4 is 5.82 Å². The molecule has 0 saturated carbocycles. The summed E-state index contributed by atoms with van der Waals surface area (Å²) in [6, 6.07) is 0.0748. The molecular formula is C7H2F6N4. The van der Waals surface area contributed by atoms with Crippen LogP contribution in [0.2, 0.25) is 0 Å². The van der Waals surface area contributed by atoms with Crippen LogP contribution >= 0.6 is 0 Å². The van der Waals surface area contributed by atoms with Crippen LogP contribution in [0, 0.1) is 0 Å². The zero-order valence-corrected chi connectivity index (χ0v) is 7.71. The predicted octanol–water partition coefficient (Wildman–Crippen LogP) is 4.06. The van der Waals surface area contributed by atoms with Crippen LogP contribution in [-0.2, 0) is 12.4 Å². The maximum Gasteiger partial charge on any atom is 0.433 e. The van der Waals surface area contributed by atoms with Gasteiger partial charge in [-0.15, -0.1) is 0 Å². The van der Waals surface area contributed by atoms with E-state index in [0.717, 1.165) is 0 Å². The third kappa shape index (κ3) is 3.25. The highest BCUT2D eigenvalue weighted by molar-refractivity contribution is 5.36. The molecule has 0 radical (unpaired) electrons. The molecule has 10 heteroatoms. The Labute approximate surface area is 89.5 Å². The number of azide groups is 1. The third-order valence-corrected chi connectivity index (χ3v) is 1.58. The molecule has 0 aliphatic carbocycles. The van der Waals surface area contributed by atoms with Gasteiger partial charge in [0.1, 0.15) is 11.5 Å². The number of hydrogen-bond donors (Lipinski definition) is 0. The van der Waals surface area contributed by atoms with E-state index in [9.17, 15) is 26.3 Å². The monoisotopic (exact) mass is 256 g/mol.